The lowest BCUT2D eigenvalue weighted by Crippen LogP contribution is -2.19. The molecule has 0 radical (unpaired) electrons. The number of nitrogens with one attached hydrogen (secondary N) is 1. The smallest absolute Gasteiger partial charge is 0.159 e. The molecule has 2 aromatic heterocycles. The zero-order chi connectivity index (χ0) is 14.7. The van der Waals surface area contributed by atoms with Gasteiger partial charge in [-0.3, -0.25) is 4.98 Å². The van der Waals surface area contributed by atoms with Gasteiger partial charge in [-0.05, 0) is 38.0 Å². The largest absolute Gasteiger partial charge is 0.389 e. The van der Waals surface area contributed by atoms with Crippen LogP contribution in [0.15, 0.2) is 24.5 Å². The Morgan fingerprint density at radius 3 is 2.70 bits per heavy atom. The van der Waals surface area contributed by atoms with E-state index in [0.717, 1.165) is 22.4 Å². The third-order valence-electron chi connectivity index (χ3n) is 3.24. The molecule has 0 aliphatic heterocycles. The molecule has 0 saturated heterocycles. The summed E-state index contributed by atoms with van der Waals surface area (Å²) in [6, 6.07) is 3.93. The molecule has 1 unspecified atom stereocenters. The van der Waals surface area contributed by atoms with Gasteiger partial charge in [-0.2, -0.15) is 5.10 Å². The van der Waals surface area contributed by atoms with Gasteiger partial charge in [0.25, 0.3) is 0 Å². The fourth-order valence-corrected chi connectivity index (χ4v) is 2.18. The van der Waals surface area contributed by atoms with Crippen molar-refractivity contribution in [3.05, 3.63) is 46.9 Å². The number of aryl methyl sites for hydroxylation is 1. The molecule has 2 rings (SSSR count). The van der Waals surface area contributed by atoms with Crippen LogP contribution in [0.1, 0.15) is 35.3 Å². The van der Waals surface area contributed by atoms with Crippen LogP contribution in [0, 0.1) is 13.8 Å². The maximum absolute atomic E-state index is 5.81. The van der Waals surface area contributed by atoms with Gasteiger partial charge in [0.1, 0.15) is 4.99 Å². The Hall–Kier alpha value is -2.08. The Morgan fingerprint density at radius 2 is 2.10 bits per heavy atom. The van der Waals surface area contributed by atoms with Crippen LogP contribution in [0.25, 0.3) is 0 Å². The quantitative estimate of drug-likeness (QED) is 0.840. The summed E-state index contributed by atoms with van der Waals surface area (Å²) in [4.78, 5) is 4.43. The van der Waals surface area contributed by atoms with Crippen molar-refractivity contribution < 1.29 is 0 Å². The Labute approximate surface area is 123 Å². The van der Waals surface area contributed by atoms with Crippen LogP contribution in [0.5, 0.6) is 0 Å². The van der Waals surface area contributed by atoms with Crippen LogP contribution in [-0.4, -0.2) is 20.2 Å². The standard InChI is InChI=1S/C14H17N5S/c1-8-9(2)18-19-14(12(8)13(15)20)17-10(3)11-5-4-6-16-7-11/h4-7,10H,1-3H3,(H2,15,20)(H,17,19). The number of aromatic nitrogens is 3. The summed E-state index contributed by atoms with van der Waals surface area (Å²) in [7, 11) is 0. The average Bonchev–Trinajstić information content (AvgIpc) is 2.43. The number of hydrogen-bond donors (Lipinski definition) is 2. The van der Waals surface area contributed by atoms with Gasteiger partial charge in [0.05, 0.1) is 17.3 Å². The van der Waals surface area contributed by atoms with Gasteiger partial charge in [-0.15, -0.1) is 5.10 Å². The van der Waals surface area contributed by atoms with E-state index in [1.54, 1.807) is 6.20 Å². The SMILES string of the molecule is Cc1nnc(NC(C)c2cccnc2)c(C(N)=S)c1C. The fourth-order valence-electron chi connectivity index (χ4n) is 1.93. The van der Waals surface area contributed by atoms with Crippen LogP contribution in [-0.2, 0) is 0 Å². The number of nitrogens with zero attached hydrogens (tertiary/aromatic N) is 3. The van der Waals surface area contributed by atoms with E-state index in [1.807, 2.05) is 39.1 Å². The summed E-state index contributed by atoms with van der Waals surface area (Å²) >= 11 is 5.12. The van der Waals surface area contributed by atoms with E-state index in [2.05, 4.69) is 20.5 Å². The minimum Gasteiger partial charge on any atom is -0.389 e. The lowest BCUT2D eigenvalue weighted by Gasteiger charge is -2.18. The van der Waals surface area contributed by atoms with Crippen molar-refractivity contribution in [2.24, 2.45) is 5.73 Å². The number of pyridine rings is 1. The third kappa shape index (κ3) is 2.91. The van der Waals surface area contributed by atoms with Crippen molar-refractivity contribution in [3.8, 4) is 0 Å². The number of anilines is 1. The first-order valence-electron chi connectivity index (χ1n) is 6.31. The molecule has 0 spiro atoms. The van der Waals surface area contributed by atoms with Gasteiger partial charge in [0.2, 0.25) is 0 Å². The van der Waals surface area contributed by atoms with E-state index >= 15 is 0 Å². The first-order valence-corrected chi connectivity index (χ1v) is 6.71. The molecule has 5 nitrogen and oxygen atoms in total. The molecule has 3 N–H and O–H groups in total. The zero-order valence-corrected chi connectivity index (χ0v) is 12.5. The second-order valence-corrected chi connectivity index (χ2v) is 5.09. The van der Waals surface area contributed by atoms with Gasteiger partial charge in [-0.25, -0.2) is 0 Å². The van der Waals surface area contributed by atoms with E-state index in [0.29, 0.717) is 10.8 Å². The normalized spacial score (nSPS) is 11.9. The monoisotopic (exact) mass is 287 g/mol. The van der Waals surface area contributed by atoms with E-state index in [9.17, 15) is 0 Å². The predicted molar refractivity (Wildman–Crippen MR) is 83.7 cm³/mol. The van der Waals surface area contributed by atoms with E-state index in [1.165, 1.54) is 0 Å². The summed E-state index contributed by atoms with van der Waals surface area (Å²) in [5, 5.41) is 11.6. The van der Waals surface area contributed by atoms with Crippen molar-refractivity contribution in [1.29, 1.82) is 0 Å². The molecule has 2 aromatic rings. The molecule has 0 fully saturated rings. The molecule has 0 amide bonds. The molecule has 0 saturated carbocycles. The Balaban J connectivity index is 2.35. The van der Waals surface area contributed by atoms with Crippen molar-refractivity contribution in [2.45, 2.75) is 26.8 Å². The molecule has 0 aliphatic carbocycles. The van der Waals surface area contributed by atoms with Crippen LogP contribution >= 0.6 is 12.2 Å². The van der Waals surface area contributed by atoms with Gasteiger partial charge in [0, 0.05) is 12.4 Å². The highest BCUT2D eigenvalue weighted by Gasteiger charge is 2.16. The summed E-state index contributed by atoms with van der Waals surface area (Å²) < 4.78 is 0. The molecular formula is C14H17N5S. The molecule has 0 aliphatic rings. The van der Waals surface area contributed by atoms with Gasteiger partial charge >= 0.3 is 0 Å². The molecule has 6 heteroatoms. The molecule has 20 heavy (non-hydrogen) atoms. The zero-order valence-electron chi connectivity index (χ0n) is 11.7. The Morgan fingerprint density at radius 1 is 1.35 bits per heavy atom. The first-order chi connectivity index (χ1) is 9.50. The van der Waals surface area contributed by atoms with Gasteiger partial charge in [-0.1, -0.05) is 18.3 Å². The summed E-state index contributed by atoms with van der Waals surface area (Å²) in [6.45, 7) is 5.86. The van der Waals surface area contributed by atoms with Crippen molar-refractivity contribution >= 4 is 23.0 Å². The molecule has 2 heterocycles. The molecule has 104 valence electrons. The van der Waals surface area contributed by atoms with Crippen LogP contribution in [0.4, 0.5) is 5.82 Å². The van der Waals surface area contributed by atoms with E-state index in [4.69, 9.17) is 18.0 Å². The lowest BCUT2D eigenvalue weighted by atomic mass is 10.1. The van der Waals surface area contributed by atoms with Crippen LogP contribution in [0.2, 0.25) is 0 Å². The maximum atomic E-state index is 5.81. The highest BCUT2D eigenvalue weighted by Crippen LogP contribution is 2.23. The number of rotatable bonds is 4. The Bertz CT molecular complexity index is 627. The third-order valence-corrected chi connectivity index (χ3v) is 3.44. The van der Waals surface area contributed by atoms with Crippen LogP contribution in [0.3, 0.4) is 0 Å². The topological polar surface area (TPSA) is 76.7 Å². The minimum atomic E-state index is 0.0354. The van der Waals surface area contributed by atoms with Crippen molar-refractivity contribution in [1.82, 2.24) is 15.2 Å². The summed E-state index contributed by atoms with van der Waals surface area (Å²) in [6.07, 6.45) is 3.55. The fraction of sp³-hybridized carbons (Fsp3) is 0.286. The number of thiocarbonyl (C=S) groups is 1. The van der Waals surface area contributed by atoms with Crippen LogP contribution < -0.4 is 11.1 Å². The minimum absolute atomic E-state index is 0.0354. The highest BCUT2D eigenvalue weighted by molar-refractivity contribution is 7.80. The second kappa shape index (κ2) is 5.92. The van der Waals surface area contributed by atoms with E-state index in [-0.39, 0.29) is 6.04 Å². The number of nitrogens with two attached hydrogens (primary N) is 1. The summed E-state index contributed by atoms with van der Waals surface area (Å²) in [5.74, 6) is 0.608. The average molecular weight is 287 g/mol. The first kappa shape index (κ1) is 14.3. The number of hydrogen-bond acceptors (Lipinski definition) is 5. The molecule has 0 bridgehead atoms. The summed E-state index contributed by atoms with van der Waals surface area (Å²) in [5.41, 5.74) is 9.40. The van der Waals surface area contributed by atoms with Crippen molar-refractivity contribution in [3.63, 3.8) is 0 Å². The molecule has 1 atom stereocenters. The molecular weight excluding hydrogens is 270 g/mol. The van der Waals surface area contributed by atoms with Crippen molar-refractivity contribution in [2.75, 3.05) is 5.32 Å². The maximum Gasteiger partial charge on any atom is 0.159 e. The van der Waals surface area contributed by atoms with Gasteiger partial charge in [0.15, 0.2) is 5.82 Å². The van der Waals surface area contributed by atoms with Gasteiger partial charge < -0.3 is 11.1 Å². The van der Waals surface area contributed by atoms with E-state index < -0.39 is 0 Å². The Kier molecular flexibility index (Phi) is 4.24. The highest BCUT2D eigenvalue weighted by atomic mass is 32.1. The predicted octanol–water partition coefficient (Wildman–Crippen LogP) is 2.30. The molecule has 0 aromatic carbocycles. The lowest BCUT2D eigenvalue weighted by molar-refractivity contribution is 0.844. The second-order valence-electron chi connectivity index (χ2n) is 4.65.